The van der Waals surface area contributed by atoms with Crippen LogP contribution in [0.4, 0.5) is 0 Å². The molecule has 0 spiro atoms. The number of halogens is 1. The molecule has 8 nitrogen and oxygen atoms in total. The van der Waals surface area contributed by atoms with Crippen LogP contribution in [0.25, 0.3) is 0 Å². The van der Waals surface area contributed by atoms with Crippen molar-refractivity contribution >= 4 is 29.4 Å². The summed E-state index contributed by atoms with van der Waals surface area (Å²) in [4.78, 5) is 44.8. The molecule has 170 valence electrons. The highest BCUT2D eigenvalue weighted by atomic mass is 35.5. The molecular weight excluding hydrogens is 444 g/mol. The maximum atomic E-state index is 13.7. The number of carbonyl (C=O) groups is 3. The van der Waals surface area contributed by atoms with E-state index in [4.69, 9.17) is 16.3 Å². The standard InChI is InChI=1S/C24H23ClN4O4/c1-24(23(32)26-12-16-8-4-3-5-9-16)14-28-15-27-19(22(31)33-2)20(28)21(30)29(24)13-17-10-6-7-11-18(17)25/h3-11,15H,12-14H2,1-2H3,(H,26,32)/t24-/m0/s1. The Morgan fingerprint density at radius 1 is 1.15 bits per heavy atom. The summed E-state index contributed by atoms with van der Waals surface area (Å²) in [7, 11) is 1.23. The van der Waals surface area contributed by atoms with Gasteiger partial charge < -0.3 is 19.5 Å². The van der Waals surface area contributed by atoms with Crippen LogP contribution in [0.5, 0.6) is 0 Å². The first-order valence-electron chi connectivity index (χ1n) is 10.4. The predicted octanol–water partition coefficient (Wildman–Crippen LogP) is 3.05. The first-order valence-corrected chi connectivity index (χ1v) is 10.7. The number of methoxy groups -OCH3 is 1. The Bertz CT molecular complexity index is 1210. The molecule has 1 aliphatic heterocycles. The average Bonchev–Trinajstić information content (AvgIpc) is 3.25. The van der Waals surface area contributed by atoms with Crippen molar-refractivity contribution in [3.8, 4) is 0 Å². The smallest absolute Gasteiger partial charge is 0.359 e. The molecule has 0 unspecified atom stereocenters. The van der Waals surface area contributed by atoms with E-state index in [2.05, 4.69) is 10.3 Å². The van der Waals surface area contributed by atoms with Crippen LogP contribution in [-0.2, 0) is 29.2 Å². The molecule has 0 radical (unpaired) electrons. The lowest BCUT2D eigenvalue weighted by molar-refractivity contribution is -0.133. The van der Waals surface area contributed by atoms with Gasteiger partial charge in [0.15, 0.2) is 5.69 Å². The minimum Gasteiger partial charge on any atom is -0.464 e. The first kappa shape index (κ1) is 22.5. The van der Waals surface area contributed by atoms with Crippen molar-refractivity contribution in [2.45, 2.75) is 32.1 Å². The lowest BCUT2D eigenvalue weighted by atomic mass is 9.93. The number of nitrogens with one attached hydrogen (secondary N) is 1. The highest BCUT2D eigenvalue weighted by Crippen LogP contribution is 2.32. The molecule has 2 heterocycles. The summed E-state index contributed by atoms with van der Waals surface area (Å²) >= 11 is 6.36. The molecule has 2 amide bonds. The van der Waals surface area contributed by atoms with E-state index in [-0.39, 0.29) is 30.4 Å². The van der Waals surface area contributed by atoms with Crippen molar-refractivity contribution in [1.29, 1.82) is 0 Å². The van der Waals surface area contributed by atoms with Gasteiger partial charge in [0.25, 0.3) is 5.91 Å². The van der Waals surface area contributed by atoms with E-state index in [0.717, 1.165) is 5.56 Å². The number of rotatable bonds is 6. The molecule has 1 aromatic heterocycles. The number of aromatic nitrogens is 2. The second kappa shape index (κ2) is 9.07. The van der Waals surface area contributed by atoms with E-state index >= 15 is 0 Å². The van der Waals surface area contributed by atoms with Crippen LogP contribution in [0.1, 0.15) is 39.0 Å². The lowest BCUT2D eigenvalue weighted by Crippen LogP contribution is -2.63. The van der Waals surface area contributed by atoms with E-state index in [9.17, 15) is 14.4 Å². The molecular formula is C24H23ClN4O4. The van der Waals surface area contributed by atoms with Crippen LogP contribution in [-0.4, -0.2) is 44.9 Å². The summed E-state index contributed by atoms with van der Waals surface area (Å²) in [6.45, 7) is 2.21. The van der Waals surface area contributed by atoms with Crippen LogP contribution in [0.2, 0.25) is 5.02 Å². The molecule has 9 heteroatoms. The van der Waals surface area contributed by atoms with Crippen molar-refractivity contribution < 1.29 is 19.1 Å². The molecule has 0 saturated carbocycles. The SMILES string of the molecule is COC(=O)c1ncn2c1C(=O)N(Cc1ccccc1Cl)[C@](C)(C(=O)NCc1ccccc1)C2. The maximum Gasteiger partial charge on any atom is 0.359 e. The van der Waals surface area contributed by atoms with E-state index in [1.165, 1.54) is 22.9 Å². The Hall–Kier alpha value is -3.65. The van der Waals surface area contributed by atoms with Gasteiger partial charge in [0, 0.05) is 18.1 Å². The summed E-state index contributed by atoms with van der Waals surface area (Å²) in [5, 5.41) is 3.42. The van der Waals surface area contributed by atoms with Crippen LogP contribution >= 0.6 is 11.6 Å². The molecule has 33 heavy (non-hydrogen) atoms. The zero-order valence-electron chi connectivity index (χ0n) is 18.2. The van der Waals surface area contributed by atoms with Gasteiger partial charge in [0.2, 0.25) is 5.91 Å². The topological polar surface area (TPSA) is 93.5 Å². The largest absolute Gasteiger partial charge is 0.464 e. The third-order valence-electron chi connectivity index (χ3n) is 5.81. The molecule has 0 saturated heterocycles. The fourth-order valence-electron chi connectivity index (χ4n) is 3.95. The summed E-state index contributed by atoms with van der Waals surface area (Å²) in [6, 6.07) is 16.6. The van der Waals surface area contributed by atoms with Crippen molar-refractivity contribution in [3.05, 3.63) is 88.5 Å². The third kappa shape index (κ3) is 4.21. The molecule has 0 aliphatic carbocycles. The highest BCUT2D eigenvalue weighted by molar-refractivity contribution is 6.31. The second-order valence-corrected chi connectivity index (χ2v) is 8.39. The maximum absolute atomic E-state index is 13.7. The lowest BCUT2D eigenvalue weighted by Gasteiger charge is -2.43. The van der Waals surface area contributed by atoms with E-state index in [0.29, 0.717) is 17.1 Å². The Balaban J connectivity index is 1.71. The van der Waals surface area contributed by atoms with Gasteiger partial charge in [-0.15, -0.1) is 0 Å². The van der Waals surface area contributed by atoms with E-state index in [1.807, 2.05) is 36.4 Å². The Kier molecular flexibility index (Phi) is 6.20. The Labute approximate surface area is 196 Å². The van der Waals surface area contributed by atoms with Crippen molar-refractivity contribution in [2.24, 2.45) is 0 Å². The van der Waals surface area contributed by atoms with E-state index < -0.39 is 17.4 Å². The van der Waals surface area contributed by atoms with Gasteiger partial charge in [-0.2, -0.15) is 0 Å². The van der Waals surface area contributed by atoms with Gasteiger partial charge in [-0.1, -0.05) is 60.1 Å². The van der Waals surface area contributed by atoms with Gasteiger partial charge in [0.1, 0.15) is 11.2 Å². The third-order valence-corrected chi connectivity index (χ3v) is 6.18. The normalized spacial score (nSPS) is 17.4. The van der Waals surface area contributed by atoms with Crippen molar-refractivity contribution in [3.63, 3.8) is 0 Å². The number of benzene rings is 2. The minimum absolute atomic E-state index is 0.0829. The predicted molar refractivity (Wildman–Crippen MR) is 122 cm³/mol. The number of imidazole rings is 1. The molecule has 0 bridgehead atoms. The summed E-state index contributed by atoms with van der Waals surface area (Å²) in [5.41, 5.74) is 0.361. The molecule has 0 fully saturated rings. The highest BCUT2D eigenvalue weighted by Gasteiger charge is 2.49. The summed E-state index contributed by atoms with van der Waals surface area (Å²) < 4.78 is 6.31. The monoisotopic (exact) mass is 466 g/mol. The number of hydrogen-bond acceptors (Lipinski definition) is 5. The minimum atomic E-state index is -1.26. The van der Waals surface area contributed by atoms with E-state index in [1.54, 1.807) is 25.1 Å². The number of fused-ring (bicyclic) bond motifs is 1. The molecule has 4 rings (SSSR count). The molecule has 1 atom stereocenters. The number of amides is 2. The van der Waals surface area contributed by atoms with Crippen LogP contribution in [0, 0.1) is 0 Å². The number of hydrogen-bond donors (Lipinski definition) is 1. The number of carbonyl (C=O) groups excluding carboxylic acids is 3. The Morgan fingerprint density at radius 3 is 2.55 bits per heavy atom. The second-order valence-electron chi connectivity index (χ2n) is 7.99. The number of esters is 1. The number of nitrogens with zero attached hydrogens (tertiary/aromatic N) is 3. The van der Waals surface area contributed by atoms with Crippen LogP contribution in [0.3, 0.4) is 0 Å². The molecule has 1 aliphatic rings. The fraction of sp³-hybridized carbons (Fsp3) is 0.250. The zero-order valence-corrected chi connectivity index (χ0v) is 19.0. The number of ether oxygens (including phenoxy) is 1. The Morgan fingerprint density at radius 2 is 1.85 bits per heavy atom. The van der Waals surface area contributed by atoms with Crippen LogP contribution in [0.15, 0.2) is 60.9 Å². The zero-order chi connectivity index (χ0) is 23.6. The van der Waals surface area contributed by atoms with Crippen LogP contribution < -0.4 is 5.32 Å². The summed E-state index contributed by atoms with van der Waals surface area (Å²) in [6.07, 6.45) is 1.38. The van der Waals surface area contributed by atoms with Gasteiger partial charge in [0.05, 0.1) is 20.0 Å². The van der Waals surface area contributed by atoms with Crippen molar-refractivity contribution in [2.75, 3.05) is 7.11 Å². The van der Waals surface area contributed by atoms with Crippen molar-refractivity contribution in [1.82, 2.24) is 19.8 Å². The van der Waals surface area contributed by atoms with Gasteiger partial charge in [-0.05, 0) is 24.1 Å². The average molecular weight is 467 g/mol. The first-order chi connectivity index (χ1) is 15.8. The van der Waals surface area contributed by atoms with Gasteiger partial charge in [-0.25, -0.2) is 9.78 Å². The van der Waals surface area contributed by atoms with Gasteiger partial charge >= 0.3 is 5.97 Å². The fourth-order valence-corrected chi connectivity index (χ4v) is 4.14. The molecule has 3 aromatic rings. The molecule has 2 aromatic carbocycles. The molecule has 1 N–H and O–H groups in total. The summed E-state index contributed by atoms with van der Waals surface area (Å²) in [5.74, 6) is -1.55. The van der Waals surface area contributed by atoms with Gasteiger partial charge in [-0.3, -0.25) is 9.59 Å². The quantitative estimate of drug-likeness (QED) is 0.563.